The lowest BCUT2D eigenvalue weighted by molar-refractivity contribution is 0.137. The number of hydrogen-bond acceptors (Lipinski definition) is 4. The summed E-state index contributed by atoms with van der Waals surface area (Å²) < 4.78 is 0. The first-order valence-corrected chi connectivity index (χ1v) is 10.7. The second-order valence-corrected chi connectivity index (χ2v) is 7.93. The summed E-state index contributed by atoms with van der Waals surface area (Å²) in [6, 6.07) is 0. The fourth-order valence-corrected chi connectivity index (χ4v) is 4.33. The van der Waals surface area contributed by atoms with Crippen molar-refractivity contribution in [1.82, 2.24) is 15.6 Å². The molecule has 0 saturated heterocycles. The van der Waals surface area contributed by atoms with Crippen molar-refractivity contribution in [2.24, 2.45) is 10.4 Å². The Labute approximate surface area is 156 Å². The Bertz CT molecular complexity index is 518. The fourth-order valence-electron chi connectivity index (χ4n) is 3.55. The third kappa shape index (κ3) is 6.59. The van der Waals surface area contributed by atoms with Gasteiger partial charge in [-0.05, 0) is 38.0 Å². The van der Waals surface area contributed by atoms with E-state index in [9.17, 15) is 5.11 Å². The van der Waals surface area contributed by atoms with Crippen molar-refractivity contribution in [3.8, 4) is 0 Å². The maximum absolute atomic E-state index is 9.46. The highest BCUT2D eigenvalue weighted by molar-refractivity contribution is 7.09. The van der Waals surface area contributed by atoms with Gasteiger partial charge >= 0.3 is 0 Å². The second-order valence-electron chi connectivity index (χ2n) is 6.99. The summed E-state index contributed by atoms with van der Waals surface area (Å²) >= 11 is 1.74. The van der Waals surface area contributed by atoms with Gasteiger partial charge in [-0.3, -0.25) is 4.99 Å². The summed E-state index contributed by atoms with van der Waals surface area (Å²) in [5.74, 6) is 0.885. The van der Waals surface area contributed by atoms with Crippen molar-refractivity contribution in [3.05, 3.63) is 16.1 Å². The van der Waals surface area contributed by atoms with Crippen LogP contribution in [0.3, 0.4) is 0 Å². The van der Waals surface area contributed by atoms with Gasteiger partial charge in [0.05, 0.1) is 10.7 Å². The smallest absolute Gasteiger partial charge is 0.191 e. The number of guanidine groups is 1. The Kier molecular flexibility index (Phi) is 8.68. The molecule has 1 aromatic rings. The molecule has 0 aromatic carbocycles. The van der Waals surface area contributed by atoms with Crippen LogP contribution in [0, 0.1) is 5.41 Å². The lowest BCUT2D eigenvalue weighted by Gasteiger charge is -2.35. The average Bonchev–Trinajstić information content (AvgIpc) is 3.09. The number of thiazole rings is 1. The normalized spacial score (nSPS) is 17.5. The topological polar surface area (TPSA) is 69.5 Å². The van der Waals surface area contributed by atoms with E-state index in [0.717, 1.165) is 50.6 Å². The fraction of sp³-hybridized carbons (Fsp3) is 0.789. The number of aliphatic imine (C=N–C) groups is 1. The van der Waals surface area contributed by atoms with Crippen LogP contribution in [0.1, 0.15) is 63.1 Å². The third-order valence-electron chi connectivity index (χ3n) is 5.05. The number of aryl methyl sites for hydroxylation is 1. The minimum absolute atomic E-state index is 0.195. The lowest BCUT2D eigenvalue weighted by Crippen LogP contribution is -2.40. The summed E-state index contributed by atoms with van der Waals surface area (Å²) in [7, 11) is 0. The molecular weight excluding hydrogens is 332 g/mol. The van der Waals surface area contributed by atoms with Crippen LogP contribution in [0.15, 0.2) is 10.4 Å². The van der Waals surface area contributed by atoms with Gasteiger partial charge in [-0.2, -0.15) is 0 Å². The van der Waals surface area contributed by atoms with E-state index in [1.807, 2.05) is 0 Å². The Morgan fingerprint density at radius 3 is 2.72 bits per heavy atom. The van der Waals surface area contributed by atoms with E-state index < -0.39 is 0 Å². The van der Waals surface area contributed by atoms with Crippen molar-refractivity contribution < 1.29 is 5.11 Å². The number of hydrogen-bond donors (Lipinski definition) is 3. The maximum Gasteiger partial charge on any atom is 0.191 e. The van der Waals surface area contributed by atoms with Crippen LogP contribution in [0.25, 0.3) is 0 Å². The van der Waals surface area contributed by atoms with E-state index >= 15 is 0 Å². The molecule has 5 nitrogen and oxygen atoms in total. The molecule has 2 rings (SSSR count). The van der Waals surface area contributed by atoms with Gasteiger partial charge in [0.2, 0.25) is 0 Å². The number of rotatable bonds is 9. The van der Waals surface area contributed by atoms with Crippen molar-refractivity contribution in [1.29, 1.82) is 0 Å². The van der Waals surface area contributed by atoms with Gasteiger partial charge in [0.15, 0.2) is 5.96 Å². The van der Waals surface area contributed by atoms with E-state index in [1.54, 1.807) is 11.3 Å². The highest BCUT2D eigenvalue weighted by atomic mass is 32.1. The Balaban J connectivity index is 1.87. The molecule has 0 unspecified atom stereocenters. The highest BCUT2D eigenvalue weighted by Gasteiger charge is 2.31. The predicted octanol–water partition coefficient (Wildman–Crippen LogP) is 3.14. The number of nitrogens with zero attached hydrogens (tertiary/aromatic N) is 2. The van der Waals surface area contributed by atoms with Gasteiger partial charge in [-0.15, -0.1) is 11.3 Å². The molecule has 0 aliphatic heterocycles. The quantitative estimate of drug-likeness (QED) is 0.464. The minimum Gasteiger partial charge on any atom is -0.396 e. The molecule has 6 heteroatoms. The lowest BCUT2D eigenvalue weighted by atomic mass is 9.72. The maximum atomic E-state index is 9.46. The van der Waals surface area contributed by atoms with E-state index in [4.69, 9.17) is 4.99 Å². The highest BCUT2D eigenvalue weighted by Crippen LogP contribution is 2.39. The van der Waals surface area contributed by atoms with Gasteiger partial charge in [0, 0.05) is 38.0 Å². The molecule has 1 aliphatic carbocycles. The van der Waals surface area contributed by atoms with Crippen LogP contribution in [-0.4, -0.2) is 42.3 Å². The monoisotopic (exact) mass is 366 g/mol. The van der Waals surface area contributed by atoms with E-state index in [-0.39, 0.29) is 12.0 Å². The van der Waals surface area contributed by atoms with E-state index in [1.165, 1.54) is 37.1 Å². The van der Waals surface area contributed by atoms with Crippen LogP contribution >= 0.6 is 11.3 Å². The minimum atomic E-state index is 0.195. The van der Waals surface area contributed by atoms with Gasteiger partial charge in [0.1, 0.15) is 0 Å². The van der Waals surface area contributed by atoms with Crippen LogP contribution in [-0.2, 0) is 12.8 Å². The summed E-state index contributed by atoms with van der Waals surface area (Å²) in [6.07, 6.45) is 9.03. The molecule has 25 heavy (non-hydrogen) atoms. The Hall–Kier alpha value is -1.14. The zero-order chi connectivity index (χ0) is 18.0. The van der Waals surface area contributed by atoms with Crippen LogP contribution in [0.5, 0.6) is 0 Å². The van der Waals surface area contributed by atoms with Crippen LogP contribution < -0.4 is 10.6 Å². The molecule has 0 atom stereocenters. The van der Waals surface area contributed by atoms with Gasteiger partial charge in [-0.25, -0.2) is 4.98 Å². The number of nitrogens with one attached hydrogen (secondary N) is 2. The molecule has 0 bridgehead atoms. The Morgan fingerprint density at radius 1 is 1.28 bits per heavy atom. The standard InChI is InChI=1S/C19H34N4OS/c1-3-17-23-16(14-25-17)8-12-21-18(20-4-2)22-15-19(11-13-24)9-6-5-7-10-19/h14,24H,3-13,15H2,1-2H3,(H2,20,21,22). The zero-order valence-corrected chi connectivity index (χ0v) is 16.6. The van der Waals surface area contributed by atoms with Gasteiger partial charge in [-0.1, -0.05) is 26.2 Å². The largest absolute Gasteiger partial charge is 0.396 e. The summed E-state index contributed by atoms with van der Waals surface area (Å²) in [4.78, 5) is 9.46. The van der Waals surface area contributed by atoms with Crippen molar-refractivity contribution in [3.63, 3.8) is 0 Å². The molecule has 1 saturated carbocycles. The van der Waals surface area contributed by atoms with Gasteiger partial charge in [0.25, 0.3) is 0 Å². The first-order chi connectivity index (χ1) is 12.2. The number of aromatic nitrogens is 1. The summed E-state index contributed by atoms with van der Waals surface area (Å²) in [6.45, 7) is 7.00. The first-order valence-electron chi connectivity index (χ1n) is 9.77. The number of aliphatic hydroxyl groups excluding tert-OH is 1. The van der Waals surface area contributed by atoms with Gasteiger partial charge < -0.3 is 15.7 Å². The van der Waals surface area contributed by atoms with E-state index in [2.05, 4.69) is 34.8 Å². The summed E-state index contributed by atoms with van der Waals surface area (Å²) in [5, 5.41) is 19.6. The molecule has 0 radical (unpaired) electrons. The second kappa shape index (κ2) is 10.8. The van der Waals surface area contributed by atoms with Crippen molar-refractivity contribution >= 4 is 17.3 Å². The molecule has 1 heterocycles. The molecule has 3 N–H and O–H groups in total. The molecular formula is C19H34N4OS. The van der Waals surface area contributed by atoms with Crippen LogP contribution in [0.4, 0.5) is 0 Å². The molecule has 1 fully saturated rings. The zero-order valence-electron chi connectivity index (χ0n) is 15.8. The summed E-state index contributed by atoms with van der Waals surface area (Å²) in [5.41, 5.74) is 1.36. The molecule has 142 valence electrons. The van der Waals surface area contributed by atoms with Crippen molar-refractivity contribution in [2.45, 2.75) is 65.2 Å². The SMILES string of the molecule is CCNC(=NCC1(CCO)CCCCC1)NCCc1csc(CC)n1. The molecule has 1 aliphatic rings. The van der Waals surface area contributed by atoms with Crippen molar-refractivity contribution in [2.75, 3.05) is 26.2 Å². The average molecular weight is 367 g/mol. The molecule has 1 aromatic heterocycles. The molecule has 0 spiro atoms. The number of aliphatic hydroxyl groups is 1. The van der Waals surface area contributed by atoms with E-state index in [0.29, 0.717) is 0 Å². The third-order valence-corrected chi connectivity index (χ3v) is 6.09. The van der Waals surface area contributed by atoms with Crippen LogP contribution in [0.2, 0.25) is 0 Å². The first kappa shape index (κ1) is 20.2. The molecule has 0 amide bonds. The Morgan fingerprint density at radius 2 is 2.08 bits per heavy atom. The predicted molar refractivity (Wildman–Crippen MR) is 106 cm³/mol.